The third-order valence-electron chi connectivity index (χ3n) is 4.68. The van der Waals surface area contributed by atoms with E-state index in [0.29, 0.717) is 11.3 Å². The number of rotatable bonds is 6. The monoisotopic (exact) mass is 528 g/mol. The number of aryl methyl sites for hydroxylation is 1. The summed E-state index contributed by atoms with van der Waals surface area (Å²) in [6, 6.07) is 4.33. The lowest BCUT2D eigenvalue weighted by atomic mass is 10.1. The number of hydrogen-bond donors (Lipinski definition) is 2. The molecule has 0 unspecified atom stereocenters. The Morgan fingerprint density at radius 2 is 2.14 bits per heavy atom. The van der Waals surface area contributed by atoms with Crippen molar-refractivity contribution in [1.29, 1.82) is 0 Å². The highest BCUT2D eigenvalue weighted by Crippen LogP contribution is 2.38. The van der Waals surface area contributed by atoms with Crippen molar-refractivity contribution in [3.05, 3.63) is 27.6 Å². The third kappa shape index (κ3) is 4.61. The SMILES string of the molecule is CC(C)(C)NCCCn1c(Sc2cc3c(cc2[131I])CCO3)nc2c(N)ncnc21. The zero-order valence-electron chi connectivity index (χ0n) is 16.8. The van der Waals surface area contributed by atoms with E-state index >= 15 is 0 Å². The maximum Gasteiger partial charge on any atom is 0.175 e. The van der Waals surface area contributed by atoms with E-state index < -0.39 is 0 Å². The van der Waals surface area contributed by atoms with Gasteiger partial charge < -0.3 is 20.4 Å². The Kier molecular flexibility index (Phi) is 5.90. The molecule has 0 spiro atoms. The molecule has 7 nitrogen and oxygen atoms in total. The Bertz CT molecular complexity index is 1050. The maximum atomic E-state index is 6.08. The number of imidazole rings is 1. The van der Waals surface area contributed by atoms with Gasteiger partial charge in [0.25, 0.3) is 0 Å². The summed E-state index contributed by atoms with van der Waals surface area (Å²) >= 11 is 4.01. The van der Waals surface area contributed by atoms with E-state index in [-0.39, 0.29) is 5.54 Å². The van der Waals surface area contributed by atoms with Crippen LogP contribution in [-0.4, -0.2) is 38.2 Å². The highest BCUT2D eigenvalue weighted by atomic mass is 131. The van der Waals surface area contributed by atoms with Crippen molar-refractivity contribution in [2.45, 2.75) is 55.7 Å². The summed E-state index contributed by atoms with van der Waals surface area (Å²) in [5, 5.41) is 4.41. The molecule has 0 fully saturated rings. The highest BCUT2D eigenvalue weighted by Gasteiger charge is 2.20. The predicted molar refractivity (Wildman–Crippen MR) is 125 cm³/mol. The zero-order chi connectivity index (χ0) is 20.6. The van der Waals surface area contributed by atoms with Gasteiger partial charge in [-0.15, -0.1) is 0 Å². The maximum absolute atomic E-state index is 6.08. The van der Waals surface area contributed by atoms with Crippen LogP contribution in [0.1, 0.15) is 32.8 Å². The molecule has 2 aromatic heterocycles. The number of fused-ring (bicyclic) bond motifs is 2. The molecule has 29 heavy (non-hydrogen) atoms. The van der Waals surface area contributed by atoms with Gasteiger partial charge in [-0.3, -0.25) is 0 Å². The van der Waals surface area contributed by atoms with Gasteiger partial charge in [0.1, 0.15) is 12.1 Å². The van der Waals surface area contributed by atoms with Crippen LogP contribution in [0.25, 0.3) is 11.2 Å². The molecule has 4 rings (SSSR count). The molecule has 3 aromatic rings. The minimum absolute atomic E-state index is 0.0989. The second kappa shape index (κ2) is 8.27. The van der Waals surface area contributed by atoms with Crippen LogP contribution in [-0.2, 0) is 13.0 Å². The fraction of sp³-hybridized carbons (Fsp3) is 0.450. The largest absolute Gasteiger partial charge is 0.493 e. The number of anilines is 1. The number of halogens is 1. The third-order valence-corrected chi connectivity index (χ3v) is 6.99. The number of nitrogens with two attached hydrogens (primary N) is 1. The van der Waals surface area contributed by atoms with Crippen LogP contribution in [0.2, 0.25) is 0 Å². The Hall–Kier alpha value is -1.59. The second-order valence-corrected chi connectivity index (χ2v) is 10.3. The van der Waals surface area contributed by atoms with Crippen molar-refractivity contribution in [3.63, 3.8) is 0 Å². The molecule has 0 radical (unpaired) electrons. The van der Waals surface area contributed by atoms with Crippen LogP contribution in [0, 0.1) is 3.57 Å². The number of ether oxygens (including phenoxy) is 1. The van der Waals surface area contributed by atoms with E-state index in [1.54, 1.807) is 11.8 Å². The number of hydrogen-bond acceptors (Lipinski definition) is 7. The Balaban J connectivity index is 1.64. The molecule has 9 heteroatoms. The fourth-order valence-electron chi connectivity index (χ4n) is 3.27. The lowest BCUT2D eigenvalue weighted by molar-refractivity contribution is 0.356. The second-order valence-electron chi connectivity index (χ2n) is 8.10. The van der Waals surface area contributed by atoms with Crippen LogP contribution in [0.5, 0.6) is 5.75 Å². The summed E-state index contributed by atoms with van der Waals surface area (Å²) in [5.41, 5.74) is 8.89. The first-order valence-electron chi connectivity index (χ1n) is 9.66. The zero-order valence-corrected chi connectivity index (χ0v) is 19.8. The molecule has 0 atom stereocenters. The molecule has 0 saturated heterocycles. The summed E-state index contributed by atoms with van der Waals surface area (Å²) < 4.78 is 9.10. The average molecular weight is 528 g/mol. The number of benzene rings is 1. The van der Waals surface area contributed by atoms with Crippen molar-refractivity contribution < 1.29 is 4.74 Å². The summed E-state index contributed by atoms with van der Waals surface area (Å²) in [4.78, 5) is 14.5. The van der Waals surface area contributed by atoms with Gasteiger partial charge in [-0.25, -0.2) is 15.0 Å². The van der Waals surface area contributed by atoms with E-state index in [1.807, 2.05) is 0 Å². The average Bonchev–Trinajstić information content (AvgIpc) is 3.23. The molecule has 154 valence electrons. The predicted octanol–water partition coefficient (Wildman–Crippen LogP) is 3.88. The van der Waals surface area contributed by atoms with Crippen molar-refractivity contribution in [3.8, 4) is 5.75 Å². The van der Waals surface area contributed by atoms with E-state index in [9.17, 15) is 0 Å². The number of nitrogens with one attached hydrogen (secondary N) is 1. The minimum Gasteiger partial charge on any atom is -0.493 e. The lowest BCUT2D eigenvalue weighted by Crippen LogP contribution is -2.36. The Morgan fingerprint density at radius 1 is 1.31 bits per heavy atom. The molecule has 3 N–H and O–H groups in total. The van der Waals surface area contributed by atoms with Crippen molar-refractivity contribution in [1.82, 2.24) is 24.8 Å². The number of nitrogen functional groups attached to an aromatic ring is 1. The van der Waals surface area contributed by atoms with Gasteiger partial charge in [-0.05, 0) is 74.0 Å². The van der Waals surface area contributed by atoms with Gasteiger partial charge in [-0.1, -0.05) is 11.8 Å². The molecular formula is C20H25IN6OS. The molecular weight excluding hydrogens is 503 g/mol. The van der Waals surface area contributed by atoms with Crippen LogP contribution >= 0.6 is 34.4 Å². The summed E-state index contributed by atoms with van der Waals surface area (Å²) in [7, 11) is 0. The van der Waals surface area contributed by atoms with Crippen molar-refractivity contribution in [2.24, 2.45) is 0 Å². The Labute approximate surface area is 188 Å². The van der Waals surface area contributed by atoms with Crippen LogP contribution in [0.15, 0.2) is 28.5 Å². The molecule has 0 bridgehead atoms. The summed E-state index contributed by atoms with van der Waals surface area (Å²) in [6.45, 7) is 8.99. The minimum atomic E-state index is 0.0989. The standard InChI is InChI=1S/C20H25IN6OS/c1-20(2,3)25-6-4-7-27-18-16(17(22)23-11-24-18)26-19(27)29-15-10-14-12(5-8-28-14)9-13(15)21/h9-11,25H,4-8H2,1-3H3,(H2,22,23,24)/i21+4. The molecule has 1 aliphatic heterocycles. The topological polar surface area (TPSA) is 90.9 Å². The first kappa shape index (κ1) is 20.7. The van der Waals surface area contributed by atoms with Crippen molar-refractivity contribution in [2.75, 3.05) is 18.9 Å². The van der Waals surface area contributed by atoms with Crippen molar-refractivity contribution >= 4 is 51.3 Å². The molecule has 1 aliphatic rings. The number of nitrogens with zero attached hydrogens (tertiary/aromatic N) is 4. The molecule has 0 amide bonds. The highest BCUT2D eigenvalue weighted by molar-refractivity contribution is 14.1. The molecule has 0 aliphatic carbocycles. The first-order chi connectivity index (χ1) is 13.8. The smallest absolute Gasteiger partial charge is 0.175 e. The van der Waals surface area contributed by atoms with Crippen LogP contribution in [0.4, 0.5) is 5.82 Å². The molecule has 0 saturated carbocycles. The summed E-state index contributed by atoms with van der Waals surface area (Å²) in [6.07, 6.45) is 3.44. The number of aromatic nitrogens is 4. The Morgan fingerprint density at radius 3 is 2.93 bits per heavy atom. The van der Waals surface area contributed by atoms with Gasteiger partial charge >= 0.3 is 0 Å². The van der Waals surface area contributed by atoms with Crippen LogP contribution < -0.4 is 15.8 Å². The fourth-order valence-corrected chi connectivity index (χ4v) is 5.07. The van der Waals surface area contributed by atoms with Gasteiger partial charge in [-0.2, -0.15) is 0 Å². The molecule has 3 heterocycles. The molecule has 1 aromatic carbocycles. The quantitative estimate of drug-likeness (QED) is 0.371. The van der Waals surface area contributed by atoms with E-state index in [1.165, 1.54) is 15.5 Å². The van der Waals surface area contributed by atoms with E-state index in [4.69, 9.17) is 15.5 Å². The van der Waals surface area contributed by atoms with Gasteiger partial charge in [0.2, 0.25) is 0 Å². The van der Waals surface area contributed by atoms with Crippen LogP contribution in [0.3, 0.4) is 0 Å². The van der Waals surface area contributed by atoms with E-state index in [0.717, 1.165) is 54.0 Å². The lowest BCUT2D eigenvalue weighted by Gasteiger charge is -2.20. The van der Waals surface area contributed by atoms with E-state index in [2.05, 4.69) is 75.3 Å². The van der Waals surface area contributed by atoms with Gasteiger partial charge in [0.15, 0.2) is 22.1 Å². The summed E-state index contributed by atoms with van der Waals surface area (Å²) in [5.74, 6) is 1.39. The normalized spacial score (nSPS) is 13.7. The van der Waals surface area contributed by atoms with Gasteiger partial charge in [0, 0.05) is 27.0 Å². The first-order valence-corrected chi connectivity index (χ1v) is 11.6. The van der Waals surface area contributed by atoms with Gasteiger partial charge in [0.05, 0.1) is 6.61 Å².